The summed E-state index contributed by atoms with van der Waals surface area (Å²) < 4.78 is 11.1. The van der Waals surface area contributed by atoms with Gasteiger partial charge in [0, 0.05) is 24.7 Å². The lowest BCUT2D eigenvalue weighted by Crippen LogP contribution is -2.23. The van der Waals surface area contributed by atoms with Gasteiger partial charge in [0.15, 0.2) is 0 Å². The van der Waals surface area contributed by atoms with Crippen molar-refractivity contribution in [2.45, 2.75) is 6.54 Å². The molecule has 0 bridgehead atoms. The van der Waals surface area contributed by atoms with Crippen molar-refractivity contribution in [3.63, 3.8) is 0 Å². The Morgan fingerprint density at radius 1 is 1.00 bits per heavy atom. The highest BCUT2D eigenvalue weighted by atomic mass is 79.9. The molecule has 0 aliphatic heterocycles. The minimum Gasteiger partial charge on any atom is -0.495 e. The van der Waals surface area contributed by atoms with Crippen LogP contribution in [0.4, 0.5) is 0 Å². The predicted octanol–water partition coefficient (Wildman–Crippen LogP) is 2.76. The average Bonchev–Trinajstić information content (AvgIpc) is 2.65. The van der Waals surface area contributed by atoms with Crippen LogP contribution in [0.1, 0.15) is 26.3 Å². The zero-order chi connectivity index (χ0) is 18.4. The third-order valence-electron chi connectivity index (χ3n) is 3.58. The maximum absolute atomic E-state index is 12.4. The van der Waals surface area contributed by atoms with E-state index in [1.54, 1.807) is 37.4 Å². The lowest BCUT2D eigenvalue weighted by atomic mass is 10.1. The summed E-state index contributed by atoms with van der Waals surface area (Å²) in [7, 11) is 4.61. The van der Waals surface area contributed by atoms with Crippen LogP contribution in [0, 0.1) is 0 Å². The van der Waals surface area contributed by atoms with E-state index in [4.69, 9.17) is 9.47 Å². The van der Waals surface area contributed by atoms with Crippen molar-refractivity contribution in [1.82, 2.24) is 10.6 Å². The number of hydrogen-bond acceptors (Lipinski definition) is 4. The summed E-state index contributed by atoms with van der Waals surface area (Å²) in [6, 6.07) is 10.3. The topological polar surface area (TPSA) is 76.7 Å². The Kier molecular flexibility index (Phi) is 6.41. The van der Waals surface area contributed by atoms with Crippen molar-refractivity contribution in [2.75, 3.05) is 21.3 Å². The van der Waals surface area contributed by atoms with Crippen molar-refractivity contribution < 1.29 is 19.1 Å². The summed E-state index contributed by atoms with van der Waals surface area (Å²) in [5.74, 6) is 0.572. The number of amides is 2. The first-order valence-corrected chi connectivity index (χ1v) is 8.30. The molecule has 2 N–H and O–H groups in total. The highest BCUT2D eigenvalue weighted by molar-refractivity contribution is 9.10. The quantitative estimate of drug-likeness (QED) is 0.772. The van der Waals surface area contributed by atoms with Gasteiger partial charge < -0.3 is 20.1 Å². The zero-order valence-electron chi connectivity index (χ0n) is 14.2. The van der Waals surface area contributed by atoms with Crippen LogP contribution in [-0.4, -0.2) is 33.1 Å². The Balaban J connectivity index is 2.14. The number of carbonyl (C=O) groups is 2. The standard InChI is InChI=1S/C18H19BrN2O4/c1-20-17(22)12-6-4-5-11(7-12)10-21-18(23)13-8-14(24-2)16(19)15(9-13)25-3/h4-9H,10H2,1-3H3,(H,20,22)(H,21,23). The van der Waals surface area contributed by atoms with Gasteiger partial charge >= 0.3 is 0 Å². The Hall–Kier alpha value is -2.54. The van der Waals surface area contributed by atoms with Gasteiger partial charge in [0.2, 0.25) is 0 Å². The summed E-state index contributed by atoms with van der Waals surface area (Å²) in [6.45, 7) is 0.296. The lowest BCUT2D eigenvalue weighted by Gasteiger charge is -2.12. The Morgan fingerprint density at radius 3 is 2.20 bits per heavy atom. The molecule has 2 aromatic rings. The molecule has 2 rings (SSSR count). The van der Waals surface area contributed by atoms with Gasteiger partial charge in [-0.25, -0.2) is 0 Å². The summed E-state index contributed by atoms with van der Waals surface area (Å²) >= 11 is 3.37. The number of methoxy groups -OCH3 is 2. The van der Waals surface area contributed by atoms with Crippen molar-refractivity contribution in [3.8, 4) is 11.5 Å². The fourth-order valence-corrected chi connectivity index (χ4v) is 2.80. The summed E-state index contributed by atoms with van der Waals surface area (Å²) in [4.78, 5) is 24.1. The fourth-order valence-electron chi connectivity index (χ4n) is 2.25. The Morgan fingerprint density at radius 2 is 1.64 bits per heavy atom. The normalized spacial score (nSPS) is 10.1. The molecule has 0 fully saturated rings. The third kappa shape index (κ3) is 4.51. The van der Waals surface area contributed by atoms with Crippen LogP contribution in [0.2, 0.25) is 0 Å². The number of nitrogens with one attached hydrogen (secondary N) is 2. The molecule has 0 radical (unpaired) electrons. The largest absolute Gasteiger partial charge is 0.495 e. The molecule has 0 aromatic heterocycles. The zero-order valence-corrected chi connectivity index (χ0v) is 15.8. The second-order valence-corrected chi connectivity index (χ2v) is 5.95. The first kappa shape index (κ1) is 18.8. The van der Waals surface area contributed by atoms with Gasteiger partial charge in [-0.15, -0.1) is 0 Å². The molecule has 132 valence electrons. The molecule has 0 spiro atoms. The molecule has 0 saturated carbocycles. The van der Waals surface area contributed by atoms with Crippen LogP contribution in [-0.2, 0) is 6.54 Å². The van der Waals surface area contributed by atoms with Crippen LogP contribution >= 0.6 is 15.9 Å². The highest BCUT2D eigenvalue weighted by Crippen LogP contribution is 2.35. The first-order chi connectivity index (χ1) is 12.0. The van der Waals surface area contributed by atoms with Crippen molar-refractivity contribution >= 4 is 27.7 Å². The van der Waals surface area contributed by atoms with E-state index in [9.17, 15) is 9.59 Å². The van der Waals surface area contributed by atoms with Gasteiger partial charge in [-0.2, -0.15) is 0 Å². The predicted molar refractivity (Wildman–Crippen MR) is 98.2 cm³/mol. The van der Waals surface area contributed by atoms with E-state index in [2.05, 4.69) is 26.6 Å². The van der Waals surface area contributed by atoms with Gasteiger partial charge in [0.25, 0.3) is 11.8 Å². The van der Waals surface area contributed by atoms with Gasteiger partial charge in [-0.3, -0.25) is 9.59 Å². The number of ether oxygens (including phenoxy) is 2. The second kappa shape index (κ2) is 8.53. The van der Waals surface area contributed by atoms with E-state index < -0.39 is 0 Å². The second-order valence-electron chi connectivity index (χ2n) is 5.16. The van der Waals surface area contributed by atoms with Crippen molar-refractivity contribution in [3.05, 3.63) is 57.6 Å². The highest BCUT2D eigenvalue weighted by Gasteiger charge is 2.14. The molecule has 0 heterocycles. The summed E-state index contributed by atoms with van der Waals surface area (Å²) in [5, 5.41) is 5.40. The minimum absolute atomic E-state index is 0.171. The fraction of sp³-hybridized carbons (Fsp3) is 0.222. The molecular weight excluding hydrogens is 388 g/mol. The van der Waals surface area contributed by atoms with Crippen LogP contribution < -0.4 is 20.1 Å². The molecule has 0 saturated heterocycles. The third-order valence-corrected chi connectivity index (χ3v) is 4.36. The van der Waals surface area contributed by atoms with Gasteiger partial charge in [-0.05, 0) is 45.8 Å². The molecule has 0 atom stereocenters. The van der Waals surface area contributed by atoms with E-state index >= 15 is 0 Å². The van der Waals surface area contributed by atoms with E-state index in [0.717, 1.165) is 5.56 Å². The molecule has 2 amide bonds. The molecule has 7 heteroatoms. The Bertz CT molecular complexity index is 767. The monoisotopic (exact) mass is 406 g/mol. The maximum atomic E-state index is 12.4. The number of rotatable bonds is 6. The lowest BCUT2D eigenvalue weighted by molar-refractivity contribution is 0.0948. The molecule has 6 nitrogen and oxygen atoms in total. The summed E-state index contributed by atoms with van der Waals surface area (Å²) in [6.07, 6.45) is 0. The average molecular weight is 407 g/mol. The van der Waals surface area contributed by atoms with Gasteiger partial charge in [0.05, 0.1) is 14.2 Å². The van der Waals surface area contributed by atoms with E-state index in [1.807, 2.05) is 6.07 Å². The van der Waals surface area contributed by atoms with Gasteiger partial charge in [0.1, 0.15) is 16.0 Å². The molecular formula is C18H19BrN2O4. The van der Waals surface area contributed by atoms with Crippen LogP contribution in [0.5, 0.6) is 11.5 Å². The number of halogens is 1. The molecule has 0 aliphatic carbocycles. The molecule has 25 heavy (non-hydrogen) atoms. The van der Waals surface area contributed by atoms with Crippen LogP contribution in [0.3, 0.4) is 0 Å². The minimum atomic E-state index is -0.269. The van der Waals surface area contributed by atoms with E-state index in [1.165, 1.54) is 14.2 Å². The van der Waals surface area contributed by atoms with Crippen molar-refractivity contribution in [2.24, 2.45) is 0 Å². The smallest absolute Gasteiger partial charge is 0.251 e. The van der Waals surface area contributed by atoms with Crippen LogP contribution in [0.15, 0.2) is 40.9 Å². The molecule has 2 aromatic carbocycles. The van der Waals surface area contributed by atoms with E-state index in [0.29, 0.717) is 33.6 Å². The number of hydrogen-bond donors (Lipinski definition) is 2. The van der Waals surface area contributed by atoms with Crippen LogP contribution in [0.25, 0.3) is 0 Å². The SMILES string of the molecule is CNC(=O)c1cccc(CNC(=O)c2cc(OC)c(Br)c(OC)c2)c1. The van der Waals surface area contributed by atoms with Gasteiger partial charge in [-0.1, -0.05) is 12.1 Å². The van der Waals surface area contributed by atoms with E-state index in [-0.39, 0.29) is 11.8 Å². The number of carbonyl (C=O) groups excluding carboxylic acids is 2. The maximum Gasteiger partial charge on any atom is 0.251 e. The molecule has 0 unspecified atom stereocenters. The Labute approximate surface area is 154 Å². The number of benzene rings is 2. The first-order valence-electron chi connectivity index (χ1n) is 7.51. The molecule has 0 aliphatic rings. The van der Waals surface area contributed by atoms with Crippen molar-refractivity contribution in [1.29, 1.82) is 0 Å². The summed E-state index contributed by atoms with van der Waals surface area (Å²) in [5.41, 5.74) is 1.78.